The Morgan fingerprint density at radius 3 is 1.09 bits per heavy atom. The van der Waals surface area contributed by atoms with Crippen molar-refractivity contribution < 1.29 is 0 Å². The number of aryl methyl sites for hydroxylation is 2. The van der Waals surface area contributed by atoms with E-state index in [4.69, 9.17) is 0 Å². The summed E-state index contributed by atoms with van der Waals surface area (Å²) >= 11 is 0. The molecule has 18 rings (SSSR count). The third-order valence-electron chi connectivity index (χ3n) is 17.6. The van der Waals surface area contributed by atoms with Crippen molar-refractivity contribution >= 4 is 146 Å². The molecular weight excluding hydrogens is 894 g/mol. The quantitative estimate of drug-likeness (QED) is 0.161. The van der Waals surface area contributed by atoms with Crippen molar-refractivity contribution in [2.45, 2.75) is 13.8 Å². The first-order chi connectivity index (χ1) is 36.6. The summed E-state index contributed by atoms with van der Waals surface area (Å²) in [4.78, 5) is 5.23. The van der Waals surface area contributed by atoms with E-state index in [1.807, 2.05) is 0 Å². The van der Waals surface area contributed by atoms with Crippen molar-refractivity contribution in [3.63, 3.8) is 0 Å². The molecule has 4 aliphatic heterocycles. The summed E-state index contributed by atoms with van der Waals surface area (Å²) in [5.41, 5.74) is 25.9. The van der Waals surface area contributed by atoms with Gasteiger partial charge in [-0.2, -0.15) is 0 Å². The van der Waals surface area contributed by atoms with E-state index in [1.54, 1.807) is 0 Å². The van der Waals surface area contributed by atoms with Gasteiger partial charge in [0.15, 0.2) is 0 Å². The Hall–Kier alpha value is -9.25. The SMILES string of the molecule is Cc1ccc2c3c1-c1cccc4c1n(c1c5cccc6c5n(c41)B1c4ccc5ccccc5c4N(c4cccc5ccccc45)c4ccc(C)c-6c41)B3c1ccc3ccccc3c1N2c1cccc2ccccc12. The maximum absolute atomic E-state index is 2.80. The van der Waals surface area contributed by atoms with Crippen LogP contribution in [0, 0.1) is 13.8 Å². The monoisotopic (exact) mass is 936 g/mol. The van der Waals surface area contributed by atoms with E-state index in [0.717, 1.165) is 0 Å². The summed E-state index contributed by atoms with van der Waals surface area (Å²) in [6.45, 7) is 4.45. The molecule has 0 spiro atoms. The molecular formula is C68H42B2N4. The second-order valence-electron chi connectivity index (χ2n) is 21.1. The van der Waals surface area contributed by atoms with Crippen LogP contribution >= 0.6 is 0 Å². The van der Waals surface area contributed by atoms with Crippen LogP contribution in [0.3, 0.4) is 0 Å². The number of fused-ring (bicyclic) bond motifs is 19. The highest BCUT2D eigenvalue weighted by Gasteiger charge is 2.48. The predicted molar refractivity (Wildman–Crippen MR) is 316 cm³/mol. The molecule has 6 heteroatoms. The summed E-state index contributed by atoms with van der Waals surface area (Å²) in [6.07, 6.45) is 0. The van der Waals surface area contributed by atoms with Gasteiger partial charge in [0.1, 0.15) is 0 Å². The molecule has 0 amide bonds. The van der Waals surface area contributed by atoms with Gasteiger partial charge in [-0.15, -0.1) is 0 Å². The highest BCUT2D eigenvalue weighted by atomic mass is 15.2. The van der Waals surface area contributed by atoms with Gasteiger partial charge in [-0.1, -0.05) is 194 Å². The van der Waals surface area contributed by atoms with Crippen molar-refractivity contribution in [1.29, 1.82) is 0 Å². The summed E-state index contributed by atoms with van der Waals surface area (Å²) in [7, 11) is 0. The molecule has 340 valence electrons. The van der Waals surface area contributed by atoms with Crippen LogP contribution in [0.4, 0.5) is 34.1 Å². The molecule has 0 bridgehead atoms. The molecule has 74 heavy (non-hydrogen) atoms. The van der Waals surface area contributed by atoms with E-state index in [1.165, 1.54) is 165 Å². The summed E-state index contributed by atoms with van der Waals surface area (Å²) < 4.78 is 5.61. The molecule has 0 saturated carbocycles. The second kappa shape index (κ2) is 13.8. The van der Waals surface area contributed by atoms with Crippen LogP contribution in [0.1, 0.15) is 11.1 Å². The molecule has 0 saturated heterocycles. The van der Waals surface area contributed by atoms with Gasteiger partial charge in [0.25, 0.3) is 0 Å². The molecule has 6 heterocycles. The van der Waals surface area contributed by atoms with Crippen molar-refractivity contribution in [2.24, 2.45) is 0 Å². The Balaban J connectivity index is 1.00. The van der Waals surface area contributed by atoms with Gasteiger partial charge < -0.3 is 18.8 Å². The van der Waals surface area contributed by atoms with E-state index in [2.05, 4.69) is 251 Å². The lowest BCUT2D eigenvalue weighted by molar-refractivity contribution is 1.26. The first kappa shape index (κ1) is 39.4. The van der Waals surface area contributed by atoms with Crippen LogP contribution in [-0.2, 0) is 0 Å². The smallest absolute Gasteiger partial charge is 0.333 e. The van der Waals surface area contributed by atoms with E-state index in [9.17, 15) is 0 Å². The predicted octanol–water partition coefficient (Wildman–Crippen LogP) is 14.8. The molecule has 0 fully saturated rings. The minimum atomic E-state index is -0.104. The third kappa shape index (κ3) is 4.65. The van der Waals surface area contributed by atoms with Crippen LogP contribution < -0.4 is 31.7 Å². The van der Waals surface area contributed by atoms with Crippen LogP contribution in [0.5, 0.6) is 0 Å². The van der Waals surface area contributed by atoms with E-state index in [-0.39, 0.29) is 13.7 Å². The number of nitrogens with zero attached hydrogens (tertiary/aromatic N) is 4. The summed E-state index contributed by atoms with van der Waals surface area (Å²) in [6, 6.07) is 83.0. The number of anilines is 6. The number of para-hydroxylation sites is 2. The van der Waals surface area contributed by atoms with Crippen molar-refractivity contribution in [1.82, 2.24) is 8.96 Å². The minimum absolute atomic E-state index is 0.104. The lowest BCUT2D eigenvalue weighted by Crippen LogP contribution is -2.57. The molecule has 2 aromatic heterocycles. The topological polar surface area (TPSA) is 16.3 Å². The van der Waals surface area contributed by atoms with Crippen LogP contribution in [0.25, 0.3) is 98.2 Å². The van der Waals surface area contributed by atoms with E-state index in [0.29, 0.717) is 0 Å². The highest BCUT2D eigenvalue weighted by Crippen LogP contribution is 2.53. The zero-order valence-electron chi connectivity index (χ0n) is 40.7. The molecule has 0 unspecified atom stereocenters. The van der Waals surface area contributed by atoms with Crippen LogP contribution in [0.2, 0.25) is 0 Å². The number of hydrogen-bond acceptors (Lipinski definition) is 2. The Kier molecular flexibility index (Phi) is 7.36. The molecule has 0 aliphatic carbocycles. The Morgan fingerprint density at radius 2 is 0.649 bits per heavy atom. The fourth-order valence-electron chi connectivity index (χ4n) is 14.8. The zero-order valence-corrected chi connectivity index (χ0v) is 40.7. The number of benzene rings is 12. The summed E-state index contributed by atoms with van der Waals surface area (Å²) in [5, 5.41) is 12.5. The van der Waals surface area contributed by atoms with Gasteiger partial charge in [-0.05, 0) is 104 Å². The van der Waals surface area contributed by atoms with E-state index < -0.39 is 0 Å². The van der Waals surface area contributed by atoms with Gasteiger partial charge >= 0.3 is 13.7 Å². The van der Waals surface area contributed by atoms with Crippen molar-refractivity contribution in [2.75, 3.05) is 9.80 Å². The Bertz CT molecular complexity index is 4600. The average molecular weight is 937 g/mol. The molecule has 4 nitrogen and oxygen atoms in total. The molecule has 0 radical (unpaired) electrons. The largest absolute Gasteiger partial charge is 0.374 e. The highest BCUT2D eigenvalue weighted by molar-refractivity contribution is 6.92. The fraction of sp³-hybridized carbons (Fsp3) is 0.0294. The van der Waals surface area contributed by atoms with Crippen molar-refractivity contribution in [3.8, 4) is 22.3 Å². The maximum atomic E-state index is 2.80. The fourth-order valence-corrected chi connectivity index (χ4v) is 14.8. The molecule has 14 aromatic rings. The van der Waals surface area contributed by atoms with E-state index >= 15 is 0 Å². The standard InChI is InChI=1S/C68H42B2N4/c1-39-31-37-57-61-59(39)49-25-13-27-51-63(49)73(69(61)53-35-33-43-17-5-9-23-47(43)65(53)71(57)55-29-11-19-41-15-3-7-21-45(41)55)68-52-28-14-26-50-60-40(2)32-38-58-62(60)70(74(64(50)52)67(51)68)54-36-34-44-18-6-10-24-48(44)66(54)72(58)56-30-12-20-42-16-4-8-22-46(42)56/h3-38H,1-2H3. The van der Waals surface area contributed by atoms with Gasteiger partial charge in [-0.3, -0.25) is 0 Å². The number of hydrogen-bond donors (Lipinski definition) is 0. The van der Waals surface area contributed by atoms with Crippen LogP contribution in [0.15, 0.2) is 218 Å². The molecule has 0 N–H and O–H groups in total. The lowest BCUT2D eigenvalue weighted by Gasteiger charge is -2.42. The zero-order chi connectivity index (χ0) is 48.2. The minimum Gasteiger partial charge on any atom is -0.374 e. The summed E-state index contributed by atoms with van der Waals surface area (Å²) in [5.74, 6) is 0. The third-order valence-corrected chi connectivity index (χ3v) is 17.6. The lowest BCUT2D eigenvalue weighted by atomic mass is 9.44. The molecule has 12 aromatic carbocycles. The first-order valence-corrected chi connectivity index (χ1v) is 26.1. The average Bonchev–Trinajstić information content (AvgIpc) is 3.97. The Labute approximate surface area is 427 Å². The maximum Gasteiger partial charge on any atom is 0.333 e. The van der Waals surface area contributed by atoms with Gasteiger partial charge in [-0.25, -0.2) is 0 Å². The van der Waals surface area contributed by atoms with Gasteiger partial charge in [0.2, 0.25) is 0 Å². The second-order valence-corrected chi connectivity index (χ2v) is 21.1. The van der Waals surface area contributed by atoms with Gasteiger partial charge in [0.05, 0.1) is 33.8 Å². The van der Waals surface area contributed by atoms with Crippen LogP contribution in [-0.4, -0.2) is 22.7 Å². The first-order valence-electron chi connectivity index (χ1n) is 26.1. The molecule has 4 aliphatic rings. The molecule has 0 atom stereocenters. The normalized spacial score (nSPS) is 13.7. The van der Waals surface area contributed by atoms with Gasteiger partial charge in [0, 0.05) is 65.9 Å². The number of aromatic nitrogens is 2. The van der Waals surface area contributed by atoms with Crippen molar-refractivity contribution in [3.05, 3.63) is 230 Å². The Morgan fingerprint density at radius 1 is 0.284 bits per heavy atom. The number of rotatable bonds is 2.